The highest BCUT2D eigenvalue weighted by Gasteiger charge is 2.44. The molecule has 2 heterocycles. The Balaban J connectivity index is 1.60. The molecule has 1 N–H and O–H groups in total. The van der Waals surface area contributed by atoms with E-state index in [-0.39, 0.29) is 29.3 Å². The highest BCUT2D eigenvalue weighted by atomic mass is 32.2. The lowest BCUT2D eigenvalue weighted by Crippen LogP contribution is -2.52. The van der Waals surface area contributed by atoms with Crippen LogP contribution < -0.4 is 9.04 Å². The normalized spacial score (nSPS) is 19.0. The van der Waals surface area contributed by atoms with E-state index < -0.39 is 33.2 Å². The molecule has 0 saturated carbocycles. The van der Waals surface area contributed by atoms with E-state index in [0.717, 1.165) is 23.8 Å². The molecule has 0 aromatic heterocycles. The number of ether oxygens (including phenoxy) is 2. The number of sulfonamides is 1. The maximum absolute atomic E-state index is 14.5. The van der Waals surface area contributed by atoms with Crippen molar-refractivity contribution in [2.45, 2.75) is 24.3 Å². The lowest BCUT2D eigenvalue weighted by Gasteiger charge is -2.44. The number of hydrogen-bond donors (Lipinski definition) is 1. The van der Waals surface area contributed by atoms with E-state index >= 15 is 0 Å². The second-order valence-electron chi connectivity index (χ2n) is 9.25. The Labute approximate surface area is 202 Å². The highest BCUT2D eigenvalue weighted by Crippen LogP contribution is 2.43. The van der Waals surface area contributed by atoms with E-state index in [1.54, 1.807) is 24.3 Å². The smallest absolute Gasteiger partial charge is 0.264 e. The molecule has 1 saturated heterocycles. The molecule has 9 heteroatoms. The SMILES string of the molecule is Cc1cccc(S(=O)(=O)N2C[C@H](CC3(CO)COC3)Oc3ccc(-c4cc(F)ccc4F)cc32)c1. The van der Waals surface area contributed by atoms with Gasteiger partial charge in [0.2, 0.25) is 0 Å². The van der Waals surface area contributed by atoms with E-state index in [1.807, 2.05) is 13.0 Å². The van der Waals surface area contributed by atoms with Gasteiger partial charge in [-0.25, -0.2) is 17.2 Å². The summed E-state index contributed by atoms with van der Waals surface area (Å²) in [6.45, 7) is 2.46. The Kier molecular flexibility index (Phi) is 6.03. The van der Waals surface area contributed by atoms with E-state index in [2.05, 4.69) is 0 Å². The maximum Gasteiger partial charge on any atom is 0.264 e. The van der Waals surface area contributed by atoms with Crippen LogP contribution in [0.5, 0.6) is 5.75 Å². The number of anilines is 1. The number of benzene rings is 3. The lowest BCUT2D eigenvalue weighted by molar-refractivity contribution is -0.151. The van der Waals surface area contributed by atoms with Gasteiger partial charge in [-0.2, -0.15) is 0 Å². The third-order valence-electron chi connectivity index (χ3n) is 6.52. The van der Waals surface area contributed by atoms with Gasteiger partial charge in [0.15, 0.2) is 0 Å². The summed E-state index contributed by atoms with van der Waals surface area (Å²) < 4.78 is 68.6. The number of hydrogen-bond acceptors (Lipinski definition) is 5. The fraction of sp³-hybridized carbons (Fsp3) is 0.308. The quantitative estimate of drug-likeness (QED) is 0.545. The van der Waals surface area contributed by atoms with Crippen LogP contribution in [0.25, 0.3) is 11.1 Å². The standard InChI is InChI=1S/C26H25F2NO5S/c1-17-3-2-4-21(9-17)35(31,32)29-13-20(12-26(14-30)15-33-16-26)34-25-8-5-18(10-24(25)29)22-11-19(27)6-7-23(22)28/h2-11,20,30H,12-16H2,1H3/t20-/m0/s1. The molecule has 1 fully saturated rings. The summed E-state index contributed by atoms with van der Waals surface area (Å²) in [5.74, 6) is -0.910. The lowest BCUT2D eigenvalue weighted by atomic mass is 9.81. The number of aryl methyl sites for hydroxylation is 1. The van der Waals surface area contributed by atoms with Crippen molar-refractivity contribution in [3.63, 3.8) is 0 Å². The third kappa shape index (κ3) is 4.39. The second-order valence-corrected chi connectivity index (χ2v) is 11.1. The summed E-state index contributed by atoms with van der Waals surface area (Å²) in [4.78, 5) is 0.121. The van der Waals surface area contributed by atoms with E-state index in [1.165, 1.54) is 16.4 Å². The summed E-state index contributed by atoms with van der Waals surface area (Å²) >= 11 is 0. The van der Waals surface area contributed by atoms with Gasteiger partial charge in [0.05, 0.1) is 36.9 Å². The van der Waals surface area contributed by atoms with Gasteiger partial charge >= 0.3 is 0 Å². The molecular weight excluding hydrogens is 476 g/mol. The van der Waals surface area contributed by atoms with Crippen molar-refractivity contribution in [2.24, 2.45) is 5.41 Å². The molecule has 6 nitrogen and oxygen atoms in total. The largest absolute Gasteiger partial charge is 0.486 e. The monoisotopic (exact) mass is 501 g/mol. The Hall–Kier alpha value is -3.01. The Bertz CT molecular complexity index is 1370. The first kappa shape index (κ1) is 23.7. The van der Waals surface area contributed by atoms with Crippen LogP contribution in [0.15, 0.2) is 65.6 Å². The molecule has 0 radical (unpaired) electrons. The fourth-order valence-electron chi connectivity index (χ4n) is 4.58. The molecule has 2 aliphatic heterocycles. The summed E-state index contributed by atoms with van der Waals surface area (Å²) in [5.41, 5.74) is 0.899. The van der Waals surface area contributed by atoms with Crippen LogP contribution in [-0.2, 0) is 14.8 Å². The van der Waals surface area contributed by atoms with Gasteiger partial charge in [0.25, 0.3) is 10.0 Å². The van der Waals surface area contributed by atoms with Crippen LogP contribution in [0.1, 0.15) is 12.0 Å². The minimum absolute atomic E-state index is 0.000111. The zero-order chi connectivity index (χ0) is 24.8. The zero-order valence-electron chi connectivity index (χ0n) is 19.1. The van der Waals surface area contributed by atoms with Gasteiger partial charge in [0.1, 0.15) is 23.5 Å². The van der Waals surface area contributed by atoms with E-state index in [9.17, 15) is 22.3 Å². The van der Waals surface area contributed by atoms with Crippen molar-refractivity contribution < 1.29 is 31.8 Å². The zero-order valence-corrected chi connectivity index (χ0v) is 19.9. The first-order valence-electron chi connectivity index (χ1n) is 11.2. The second kappa shape index (κ2) is 8.89. The molecule has 0 aliphatic carbocycles. The van der Waals surface area contributed by atoms with Crippen molar-refractivity contribution in [1.29, 1.82) is 0 Å². The molecular formula is C26H25F2NO5S. The Morgan fingerprint density at radius 2 is 1.89 bits per heavy atom. The molecule has 0 bridgehead atoms. The Morgan fingerprint density at radius 3 is 2.57 bits per heavy atom. The predicted octanol–water partition coefficient (Wildman–Crippen LogP) is 4.30. The average molecular weight is 502 g/mol. The van der Waals surface area contributed by atoms with Gasteiger partial charge in [-0.05, 0) is 66.9 Å². The summed E-state index contributed by atoms with van der Waals surface area (Å²) in [7, 11) is -4.01. The number of fused-ring (bicyclic) bond motifs is 1. The highest BCUT2D eigenvalue weighted by molar-refractivity contribution is 7.92. The van der Waals surface area contributed by atoms with Crippen molar-refractivity contribution in [3.05, 3.63) is 77.9 Å². The van der Waals surface area contributed by atoms with Crippen LogP contribution in [0.3, 0.4) is 0 Å². The molecule has 0 spiro atoms. The van der Waals surface area contributed by atoms with E-state index in [4.69, 9.17) is 9.47 Å². The topological polar surface area (TPSA) is 76.1 Å². The molecule has 184 valence electrons. The third-order valence-corrected chi connectivity index (χ3v) is 8.30. The summed E-state index contributed by atoms with van der Waals surface area (Å²) in [6, 6.07) is 14.4. The first-order valence-corrected chi connectivity index (χ1v) is 12.7. The van der Waals surface area contributed by atoms with Gasteiger partial charge in [-0.15, -0.1) is 0 Å². The Morgan fingerprint density at radius 1 is 1.09 bits per heavy atom. The molecule has 3 aromatic rings. The minimum atomic E-state index is -4.01. The van der Waals surface area contributed by atoms with Crippen LogP contribution in [-0.4, -0.2) is 46.0 Å². The van der Waals surface area contributed by atoms with Crippen LogP contribution >= 0.6 is 0 Å². The number of halogens is 2. The van der Waals surface area contributed by atoms with E-state index in [0.29, 0.717) is 30.9 Å². The molecule has 0 amide bonds. The molecule has 3 aromatic carbocycles. The summed E-state index contributed by atoms with van der Waals surface area (Å²) in [5, 5.41) is 9.87. The minimum Gasteiger partial charge on any atom is -0.486 e. The summed E-state index contributed by atoms with van der Waals surface area (Å²) in [6.07, 6.45) is -0.127. The number of aliphatic hydroxyl groups excluding tert-OH is 1. The van der Waals surface area contributed by atoms with Crippen LogP contribution in [0.2, 0.25) is 0 Å². The van der Waals surface area contributed by atoms with Gasteiger partial charge in [-0.3, -0.25) is 4.31 Å². The van der Waals surface area contributed by atoms with Crippen molar-refractivity contribution in [2.75, 3.05) is 30.7 Å². The van der Waals surface area contributed by atoms with Crippen LogP contribution in [0, 0.1) is 24.0 Å². The van der Waals surface area contributed by atoms with Crippen molar-refractivity contribution >= 4 is 15.7 Å². The van der Waals surface area contributed by atoms with Crippen molar-refractivity contribution in [3.8, 4) is 16.9 Å². The molecule has 0 unspecified atom stereocenters. The molecule has 35 heavy (non-hydrogen) atoms. The van der Waals surface area contributed by atoms with Crippen LogP contribution in [0.4, 0.5) is 14.5 Å². The number of nitrogens with zero attached hydrogens (tertiary/aromatic N) is 1. The first-order chi connectivity index (χ1) is 16.7. The fourth-order valence-corrected chi connectivity index (χ4v) is 6.19. The predicted molar refractivity (Wildman–Crippen MR) is 127 cm³/mol. The number of rotatable bonds is 6. The maximum atomic E-state index is 14.5. The molecule has 2 aliphatic rings. The van der Waals surface area contributed by atoms with Gasteiger partial charge < -0.3 is 14.6 Å². The van der Waals surface area contributed by atoms with Crippen molar-refractivity contribution in [1.82, 2.24) is 0 Å². The molecule has 1 atom stereocenters. The average Bonchev–Trinajstić information content (AvgIpc) is 2.82. The van der Waals surface area contributed by atoms with Gasteiger partial charge in [-0.1, -0.05) is 18.2 Å². The molecule has 5 rings (SSSR count). The van der Waals surface area contributed by atoms with Gasteiger partial charge in [0, 0.05) is 11.0 Å². The number of aliphatic hydroxyl groups is 1.